The molecule has 4 unspecified atom stereocenters. The molecular formula is C30H26ClNO5. The van der Waals surface area contributed by atoms with E-state index in [1.807, 2.05) is 18.2 Å². The van der Waals surface area contributed by atoms with Gasteiger partial charge in [-0.3, -0.25) is 19.3 Å². The highest BCUT2D eigenvalue weighted by atomic mass is 35.5. The molecular weight excluding hydrogens is 490 g/mol. The number of imide groups is 1. The van der Waals surface area contributed by atoms with E-state index in [9.17, 15) is 19.2 Å². The Kier molecular flexibility index (Phi) is 6.94. The largest absolute Gasteiger partial charge is 0.451 e. The summed E-state index contributed by atoms with van der Waals surface area (Å²) < 4.78 is 5.40. The van der Waals surface area contributed by atoms with E-state index < -0.39 is 12.1 Å². The van der Waals surface area contributed by atoms with Gasteiger partial charge in [-0.05, 0) is 80.1 Å². The van der Waals surface area contributed by atoms with Crippen LogP contribution in [0.5, 0.6) is 0 Å². The average molecular weight is 516 g/mol. The van der Waals surface area contributed by atoms with Crippen molar-refractivity contribution >= 4 is 40.9 Å². The Balaban J connectivity index is 1.30. The van der Waals surface area contributed by atoms with Crippen molar-refractivity contribution in [2.45, 2.75) is 38.2 Å². The second-order valence-corrected chi connectivity index (χ2v) is 10.1. The van der Waals surface area contributed by atoms with Crippen LogP contribution in [0, 0.1) is 11.8 Å². The first-order valence-corrected chi connectivity index (χ1v) is 12.7. The lowest BCUT2D eigenvalue weighted by atomic mass is 9.73. The molecule has 0 N–H and O–H groups in total. The van der Waals surface area contributed by atoms with Crippen molar-refractivity contribution in [3.63, 3.8) is 0 Å². The summed E-state index contributed by atoms with van der Waals surface area (Å²) in [6, 6.07) is 22.7. The molecule has 5 rings (SSSR count). The molecule has 7 heteroatoms. The van der Waals surface area contributed by atoms with Gasteiger partial charge in [0.2, 0.25) is 17.6 Å². The Hall–Kier alpha value is -3.77. The van der Waals surface area contributed by atoms with Crippen LogP contribution in [-0.2, 0) is 14.3 Å². The van der Waals surface area contributed by atoms with Crippen molar-refractivity contribution in [3.8, 4) is 0 Å². The number of esters is 1. The van der Waals surface area contributed by atoms with Crippen molar-refractivity contribution in [3.05, 3.63) is 101 Å². The minimum Gasteiger partial charge on any atom is -0.451 e. The topological polar surface area (TPSA) is 80.8 Å². The Morgan fingerprint density at radius 3 is 2.30 bits per heavy atom. The van der Waals surface area contributed by atoms with Crippen LogP contribution in [0.25, 0.3) is 0 Å². The number of ether oxygens (including phenoxy) is 1. The molecule has 1 heterocycles. The zero-order valence-corrected chi connectivity index (χ0v) is 21.1. The molecule has 1 aliphatic carbocycles. The first-order valence-electron chi connectivity index (χ1n) is 12.4. The minimum atomic E-state index is -1.02. The molecule has 1 aliphatic heterocycles. The van der Waals surface area contributed by atoms with Gasteiger partial charge in [0.15, 0.2) is 6.10 Å². The van der Waals surface area contributed by atoms with Crippen LogP contribution >= 0.6 is 11.6 Å². The summed E-state index contributed by atoms with van der Waals surface area (Å²) in [6.45, 7) is 1.50. The van der Waals surface area contributed by atoms with Crippen molar-refractivity contribution in [1.82, 2.24) is 0 Å². The molecule has 0 radical (unpaired) electrons. The number of fused-ring (bicyclic) bond motifs is 1. The molecule has 1 saturated heterocycles. The van der Waals surface area contributed by atoms with Gasteiger partial charge in [-0.15, -0.1) is 0 Å². The van der Waals surface area contributed by atoms with Crippen LogP contribution in [-0.4, -0.2) is 29.7 Å². The van der Waals surface area contributed by atoms with Crippen molar-refractivity contribution in [2.75, 3.05) is 4.90 Å². The SMILES string of the molecule is CC(OC(=O)c1cccc(N2C(=O)C3CCC(c4ccccc4)CC3C2=O)c1)C(=O)c1ccc(Cl)cc1. The van der Waals surface area contributed by atoms with Crippen LogP contribution in [0.15, 0.2) is 78.9 Å². The Morgan fingerprint density at radius 1 is 0.865 bits per heavy atom. The number of carbonyl (C=O) groups is 4. The van der Waals surface area contributed by atoms with Crippen LogP contribution in [0.4, 0.5) is 5.69 Å². The number of Topliss-reactive ketones (excluding diaryl/α,β-unsaturated/α-hetero) is 1. The number of carbonyl (C=O) groups excluding carboxylic acids is 4. The molecule has 3 aromatic rings. The van der Waals surface area contributed by atoms with E-state index in [4.69, 9.17) is 16.3 Å². The number of hydrogen-bond acceptors (Lipinski definition) is 5. The maximum Gasteiger partial charge on any atom is 0.338 e. The lowest BCUT2D eigenvalue weighted by Crippen LogP contribution is -2.31. The molecule has 4 atom stereocenters. The van der Waals surface area contributed by atoms with E-state index in [1.54, 1.807) is 36.4 Å². The third-order valence-corrected chi connectivity index (χ3v) is 7.57. The van der Waals surface area contributed by atoms with E-state index in [0.29, 0.717) is 29.1 Å². The maximum atomic E-state index is 13.4. The monoisotopic (exact) mass is 515 g/mol. The van der Waals surface area contributed by atoms with Crippen LogP contribution in [0.1, 0.15) is 58.4 Å². The second kappa shape index (κ2) is 10.3. The van der Waals surface area contributed by atoms with E-state index in [-0.39, 0.29) is 40.9 Å². The van der Waals surface area contributed by atoms with E-state index in [1.165, 1.54) is 29.5 Å². The van der Waals surface area contributed by atoms with Crippen molar-refractivity contribution in [1.29, 1.82) is 0 Å². The third-order valence-electron chi connectivity index (χ3n) is 7.32. The highest BCUT2D eigenvalue weighted by molar-refractivity contribution is 6.30. The molecule has 2 fully saturated rings. The van der Waals surface area contributed by atoms with Gasteiger partial charge in [-0.2, -0.15) is 0 Å². The normalized spacial score (nSPS) is 21.9. The predicted octanol–water partition coefficient (Wildman–Crippen LogP) is 5.84. The van der Waals surface area contributed by atoms with Gasteiger partial charge in [0, 0.05) is 10.6 Å². The van der Waals surface area contributed by atoms with Gasteiger partial charge >= 0.3 is 5.97 Å². The Morgan fingerprint density at radius 2 is 1.57 bits per heavy atom. The molecule has 2 aliphatic rings. The lowest BCUT2D eigenvalue weighted by molar-refractivity contribution is -0.122. The second-order valence-electron chi connectivity index (χ2n) is 9.61. The fourth-order valence-corrected chi connectivity index (χ4v) is 5.49. The van der Waals surface area contributed by atoms with Crippen molar-refractivity contribution in [2.24, 2.45) is 11.8 Å². The lowest BCUT2D eigenvalue weighted by Gasteiger charge is -2.28. The highest BCUT2D eigenvalue weighted by Crippen LogP contribution is 2.45. The standard InChI is InChI=1S/C30H26ClNO5/c1-18(27(33)20-10-13-23(31)14-11-20)37-30(36)22-8-5-9-24(16-22)32-28(34)25-15-12-21(17-26(25)29(32)35)19-6-3-2-4-7-19/h2-11,13-14,16,18,21,25-26H,12,15,17H2,1H3. The number of halogens is 1. The van der Waals surface area contributed by atoms with Crippen LogP contribution in [0.3, 0.4) is 0 Å². The van der Waals surface area contributed by atoms with Gasteiger partial charge in [-0.25, -0.2) is 4.79 Å². The fourth-order valence-electron chi connectivity index (χ4n) is 5.36. The summed E-state index contributed by atoms with van der Waals surface area (Å²) in [5.74, 6) is -2.01. The smallest absolute Gasteiger partial charge is 0.338 e. The summed E-state index contributed by atoms with van der Waals surface area (Å²) >= 11 is 5.88. The molecule has 37 heavy (non-hydrogen) atoms. The summed E-state index contributed by atoms with van der Waals surface area (Å²) in [7, 11) is 0. The Bertz CT molecular complexity index is 1350. The number of nitrogens with zero attached hydrogens (tertiary/aromatic N) is 1. The first-order chi connectivity index (χ1) is 17.8. The van der Waals surface area contributed by atoms with E-state index >= 15 is 0 Å². The number of ketones is 1. The van der Waals surface area contributed by atoms with Crippen molar-refractivity contribution < 1.29 is 23.9 Å². The van der Waals surface area contributed by atoms with Gasteiger partial charge < -0.3 is 4.74 Å². The predicted molar refractivity (Wildman–Crippen MR) is 140 cm³/mol. The Labute approximate surface area is 220 Å². The molecule has 188 valence electrons. The van der Waals surface area contributed by atoms with Gasteiger partial charge in [0.25, 0.3) is 0 Å². The molecule has 6 nitrogen and oxygen atoms in total. The van der Waals surface area contributed by atoms with Gasteiger partial charge in [0.05, 0.1) is 23.1 Å². The molecule has 0 aromatic heterocycles. The molecule has 0 spiro atoms. The quantitative estimate of drug-likeness (QED) is 0.234. The van der Waals surface area contributed by atoms with Gasteiger partial charge in [0.1, 0.15) is 0 Å². The van der Waals surface area contributed by atoms with Gasteiger partial charge in [-0.1, -0.05) is 48.0 Å². The molecule has 0 bridgehead atoms. The molecule has 3 aromatic carbocycles. The van der Waals surface area contributed by atoms with E-state index in [0.717, 1.165) is 6.42 Å². The summed E-state index contributed by atoms with van der Waals surface area (Å²) in [4.78, 5) is 53.3. The van der Waals surface area contributed by atoms with E-state index in [2.05, 4.69) is 12.1 Å². The maximum absolute atomic E-state index is 13.4. The summed E-state index contributed by atoms with van der Waals surface area (Å²) in [5, 5.41) is 0.499. The number of hydrogen-bond donors (Lipinski definition) is 0. The number of anilines is 1. The fraction of sp³-hybridized carbons (Fsp3) is 0.267. The highest BCUT2D eigenvalue weighted by Gasteiger charge is 2.50. The summed E-state index contributed by atoms with van der Waals surface area (Å²) in [6.07, 6.45) is 1.11. The summed E-state index contributed by atoms with van der Waals surface area (Å²) in [5.41, 5.74) is 2.06. The number of amides is 2. The average Bonchev–Trinajstić information content (AvgIpc) is 3.18. The number of benzene rings is 3. The zero-order chi connectivity index (χ0) is 26.1. The minimum absolute atomic E-state index is 0.158. The number of rotatable bonds is 6. The molecule has 1 saturated carbocycles. The zero-order valence-electron chi connectivity index (χ0n) is 20.3. The van der Waals surface area contributed by atoms with Crippen LogP contribution in [0.2, 0.25) is 5.02 Å². The van der Waals surface area contributed by atoms with Crippen LogP contribution < -0.4 is 4.90 Å². The molecule has 2 amide bonds. The first kappa shape index (κ1) is 24.9. The third kappa shape index (κ3) is 4.94.